The second-order valence-corrected chi connectivity index (χ2v) is 10.3. The predicted octanol–water partition coefficient (Wildman–Crippen LogP) is 3.68. The van der Waals surface area contributed by atoms with Crippen molar-refractivity contribution in [2.45, 2.75) is 39.0 Å². The first-order valence-corrected chi connectivity index (χ1v) is 12.8. The van der Waals surface area contributed by atoms with Crippen LogP contribution in [0.15, 0.2) is 24.3 Å². The Morgan fingerprint density at radius 2 is 1.88 bits per heavy atom. The highest BCUT2D eigenvalue weighted by Crippen LogP contribution is 2.54. The van der Waals surface area contributed by atoms with E-state index in [1.54, 1.807) is 0 Å². The van der Waals surface area contributed by atoms with E-state index >= 15 is 0 Å². The van der Waals surface area contributed by atoms with Gasteiger partial charge >= 0.3 is 0 Å². The van der Waals surface area contributed by atoms with E-state index in [9.17, 15) is 4.79 Å². The predicted molar refractivity (Wildman–Crippen MR) is 134 cm³/mol. The summed E-state index contributed by atoms with van der Waals surface area (Å²) in [7, 11) is 0. The third-order valence-electron chi connectivity index (χ3n) is 6.97. The molecule has 3 fully saturated rings. The van der Waals surface area contributed by atoms with Crippen LogP contribution in [-0.2, 0) is 0 Å². The van der Waals surface area contributed by atoms with Crippen LogP contribution in [-0.4, -0.2) is 59.5 Å². The Labute approximate surface area is 199 Å². The van der Waals surface area contributed by atoms with Gasteiger partial charge in [0.1, 0.15) is 5.82 Å². The molecule has 2 saturated heterocycles. The number of nitrogens with one attached hydrogen (secondary N) is 2. The number of rotatable bonds is 8. The summed E-state index contributed by atoms with van der Waals surface area (Å²) in [5.41, 5.74) is 3.95. The van der Waals surface area contributed by atoms with Crippen LogP contribution in [0.1, 0.15) is 48.2 Å². The van der Waals surface area contributed by atoms with Crippen LogP contribution in [0.5, 0.6) is 0 Å². The monoisotopic (exact) mass is 468 g/mol. The number of aliphatic hydroxyl groups excluding tert-OH is 1. The molecule has 1 aliphatic carbocycles. The molecule has 9 heteroatoms. The van der Waals surface area contributed by atoms with E-state index in [1.807, 2.05) is 25.1 Å². The second kappa shape index (κ2) is 9.38. The molecule has 0 unspecified atom stereocenters. The average Bonchev–Trinajstić information content (AvgIpc) is 3.51. The molecule has 176 valence electrons. The molecular formula is C24H32N6O2S. The summed E-state index contributed by atoms with van der Waals surface area (Å²) >= 11 is 1.46. The Morgan fingerprint density at radius 1 is 1.09 bits per heavy atom. The fourth-order valence-electron chi connectivity index (χ4n) is 4.59. The maximum absolute atomic E-state index is 13.4. The molecule has 0 atom stereocenters. The van der Waals surface area contributed by atoms with Gasteiger partial charge in [-0.25, -0.2) is 4.98 Å². The number of aryl methyl sites for hydroxylation is 1. The number of nitrogens with zero attached hydrogens (tertiary/aromatic N) is 4. The maximum atomic E-state index is 13.4. The van der Waals surface area contributed by atoms with Crippen molar-refractivity contribution in [1.29, 1.82) is 0 Å². The smallest absolute Gasteiger partial charge is 0.258 e. The summed E-state index contributed by atoms with van der Waals surface area (Å²) in [6, 6.07) is 7.69. The molecule has 1 saturated carbocycles. The quantitative estimate of drug-likeness (QED) is 0.399. The van der Waals surface area contributed by atoms with Crippen molar-refractivity contribution in [3.8, 4) is 0 Å². The minimum absolute atomic E-state index is 0.122. The zero-order valence-corrected chi connectivity index (χ0v) is 20.0. The van der Waals surface area contributed by atoms with Crippen LogP contribution in [0.2, 0.25) is 0 Å². The van der Waals surface area contributed by atoms with Crippen LogP contribution in [0.4, 0.5) is 23.1 Å². The summed E-state index contributed by atoms with van der Waals surface area (Å²) in [4.78, 5) is 27.0. The summed E-state index contributed by atoms with van der Waals surface area (Å²) in [5, 5.41) is 12.1. The molecule has 33 heavy (non-hydrogen) atoms. The Bertz CT molecular complexity index is 1010. The van der Waals surface area contributed by atoms with Crippen LogP contribution in [0.25, 0.3) is 0 Å². The molecule has 3 aliphatic rings. The summed E-state index contributed by atoms with van der Waals surface area (Å²) in [5.74, 6) is 1.68. The minimum atomic E-state index is -0.154. The van der Waals surface area contributed by atoms with Crippen molar-refractivity contribution in [2.75, 3.05) is 58.4 Å². The lowest BCUT2D eigenvalue weighted by Crippen LogP contribution is -2.38. The van der Waals surface area contributed by atoms with E-state index in [2.05, 4.69) is 35.9 Å². The van der Waals surface area contributed by atoms with E-state index in [0.29, 0.717) is 28.5 Å². The molecule has 1 amide bonds. The topological polar surface area (TPSA) is 93.6 Å². The second-order valence-electron chi connectivity index (χ2n) is 9.38. The summed E-state index contributed by atoms with van der Waals surface area (Å²) in [6.07, 6.45) is 6.22. The lowest BCUT2D eigenvalue weighted by atomic mass is 9.93. The molecular weight excluding hydrogens is 436 g/mol. The van der Waals surface area contributed by atoms with Gasteiger partial charge in [0.05, 0.1) is 17.9 Å². The van der Waals surface area contributed by atoms with Crippen molar-refractivity contribution >= 4 is 41.0 Å². The zero-order chi connectivity index (χ0) is 22.8. The van der Waals surface area contributed by atoms with Crippen LogP contribution < -0.4 is 19.8 Å². The fourth-order valence-corrected chi connectivity index (χ4v) is 5.07. The number of benzene rings is 1. The van der Waals surface area contributed by atoms with Crippen LogP contribution in [0, 0.1) is 12.3 Å². The van der Waals surface area contributed by atoms with Gasteiger partial charge in [0.25, 0.3) is 5.91 Å². The molecule has 1 aromatic carbocycles. The van der Waals surface area contributed by atoms with E-state index in [-0.39, 0.29) is 12.5 Å². The van der Waals surface area contributed by atoms with Gasteiger partial charge in [0, 0.05) is 49.4 Å². The van der Waals surface area contributed by atoms with Gasteiger partial charge < -0.3 is 24.9 Å². The number of aliphatic hydroxyl groups is 1. The number of aromatic nitrogens is 2. The number of carbonyl (C=O) groups is 1. The van der Waals surface area contributed by atoms with E-state index in [4.69, 9.17) is 5.11 Å². The summed E-state index contributed by atoms with van der Waals surface area (Å²) < 4.78 is 3.28. The number of hydrogen-bond donors (Lipinski definition) is 3. The number of hydrogen-bond acceptors (Lipinski definition) is 8. The van der Waals surface area contributed by atoms with Crippen molar-refractivity contribution in [3.63, 3.8) is 0 Å². The van der Waals surface area contributed by atoms with Crippen molar-refractivity contribution in [3.05, 3.63) is 35.5 Å². The highest BCUT2D eigenvalue weighted by atomic mass is 32.2. The first-order chi connectivity index (χ1) is 16.0. The lowest BCUT2D eigenvalue weighted by Gasteiger charge is -2.35. The largest absolute Gasteiger partial charge is 0.395 e. The van der Waals surface area contributed by atoms with Crippen molar-refractivity contribution in [2.24, 2.45) is 5.41 Å². The Kier molecular flexibility index (Phi) is 6.34. The number of carbonyl (C=O) groups excluding carboxylic acids is 1. The van der Waals surface area contributed by atoms with E-state index in [0.717, 1.165) is 49.7 Å². The number of amides is 1. The van der Waals surface area contributed by atoms with Gasteiger partial charge in [-0.15, -0.1) is 0 Å². The van der Waals surface area contributed by atoms with Gasteiger partial charge in [-0.1, -0.05) is 11.9 Å². The Balaban J connectivity index is 1.37. The first-order valence-electron chi connectivity index (χ1n) is 11.8. The first kappa shape index (κ1) is 22.3. The SMILES string of the molecule is Cc1cc(NC(=O)c2ccc(NSCCO)cc2N2CCC3(CC2)CC3)nc(N2CCC2)n1. The van der Waals surface area contributed by atoms with Crippen molar-refractivity contribution in [1.82, 2.24) is 9.97 Å². The molecule has 5 rings (SSSR count). The molecule has 1 spiro atoms. The van der Waals surface area contributed by atoms with Gasteiger partial charge in [0.15, 0.2) is 0 Å². The zero-order valence-electron chi connectivity index (χ0n) is 19.1. The third kappa shape index (κ3) is 5.04. The normalized spacial score (nSPS) is 18.7. The number of piperidine rings is 1. The summed E-state index contributed by atoms with van der Waals surface area (Å²) in [6.45, 7) is 5.91. The van der Waals surface area contributed by atoms with Gasteiger partial charge in [0.2, 0.25) is 5.95 Å². The fraction of sp³-hybridized carbons (Fsp3) is 0.542. The standard InChI is InChI=1S/C24H32N6O2S/c1-17-15-21(27-23(25-17)30-9-2-10-30)26-22(32)19-4-3-18(28-33-14-13-31)16-20(19)29-11-7-24(5-6-24)8-12-29/h3-4,15-16,28,31H,2,5-14H2,1H3,(H,25,26,27,32). The highest BCUT2D eigenvalue weighted by molar-refractivity contribution is 8.00. The molecule has 0 radical (unpaired) electrons. The Morgan fingerprint density at radius 3 is 2.55 bits per heavy atom. The molecule has 0 bridgehead atoms. The highest BCUT2D eigenvalue weighted by Gasteiger charge is 2.44. The lowest BCUT2D eigenvalue weighted by molar-refractivity contribution is 0.102. The number of anilines is 4. The van der Waals surface area contributed by atoms with Crippen molar-refractivity contribution < 1.29 is 9.90 Å². The van der Waals surface area contributed by atoms with Gasteiger partial charge in [-0.05, 0) is 62.6 Å². The van der Waals surface area contributed by atoms with Gasteiger partial charge in [-0.2, -0.15) is 4.98 Å². The molecule has 3 heterocycles. The van der Waals surface area contributed by atoms with Crippen LogP contribution in [0.3, 0.4) is 0 Å². The minimum Gasteiger partial charge on any atom is -0.395 e. The van der Waals surface area contributed by atoms with E-state index in [1.165, 1.54) is 37.6 Å². The van der Waals surface area contributed by atoms with E-state index < -0.39 is 0 Å². The molecule has 3 N–H and O–H groups in total. The Hall–Kier alpha value is -2.52. The average molecular weight is 469 g/mol. The van der Waals surface area contributed by atoms with Crippen LogP contribution >= 0.6 is 11.9 Å². The molecule has 2 aliphatic heterocycles. The van der Waals surface area contributed by atoms with Gasteiger partial charge in [-0.3, -0.25) is 4.79 Å². The maximum Gasteiger partial charge on any atom is 0.258 e. The third-order valence-corrected chi connectivity index (χ3v) is 7.74. The molecule has 2 aromatic rings. The molecule has 8 nitrogen and oxygen atoms in total. The molecule has 1 aromatic heterocycles.